The monoisotopic (exact) mass is 329 g/mol. The van der Waals surface area contributed by atoms with Gasteiger partial charge < -0.3 is 0 Å². The topological polar surface area (TPSA) is 101 Å². The zero-order valence-corrected chi connectivity index (χ0v) is 13.1. The molecule has 2 N–H and O–H groups in total. The normalized spacial score (nSPS) is 13.2. The van der Waals surface area contributed by atoms with Gasteiger partial charge in [0.1, 0.15) is 0 Å². The van der Waals surface area contributed by atoms with Gasteiger partial charge in [0.25, 0.3) is 20.2 Å². The Kier molecular flexibility index (Phi) is 4.04. The van der Waals surface area contributed by atoms with Crippen LogP contribution < -0.4 is 5.14 Å². The highest BCUT2D eigenvalue weighted by Crippen LogP contribution is 2.22. The fourth-order valence-corrected chi connectivity index (χ4v) is 3.78. The van der Waals surface area contributed by atoms with E-state index in [1.165, 1.54) is 12.1 Å². The number of nitrogens with zero attached hydrogens (tertiary/aromatic N) is 2. The highest BCUT2D eigenvalue weighted by molar-refractivity contribution is 7.91. The Morgan fingerprint density at radius 1 is 0.857 bits per heavy atom. The number of benzene rings is 2. The Balaban J connectivity index is 2.51. The van der Waals surface area contributed by atoms with Crippen molar-refractivity contribution in [2.75, 3.05) is 14.1 Å². The van der Waals surface area contributed by atoms with Crippen molar-refractivity contribution in [3.8, 4) is 0 Å². The molecule has 0 amide bonds. The summed E-state index contributed by atoms with van der Waals surface area (Å²) in [6.07, 6.45) is 0. The maximum atomic E-state index is 12.4. The SMILES string of the molecule is CN(N(C)S(=O)(=O)c1ccc2ccccc2c1)S(N)(=O)=O. The summed E-state index contributed by atoms with van der Waals surface area (Å²) in [5.41, 5.74) is 0. The van der Waals surface area contributed by atoms with Gasteiger partial charge in [-0.05, 0) is 22.9 Å². The molecule has 114 valence electrons. The molecule has 0 spiro atoms. The fraction of sp³-hybridized carbons (Fsp3) is 0.167. The molecule has 2 aromatic rings. The minimum atomic E-state index is -4.16. The van der Waals surface area contributed by atoms with Crippen molar-refractivity contribution in [1.82, 2.24) is 8.83 Å². The first-order valence-corrected chi connectivity index (χ1v) is 8.82. The summed E-state index contributed by atoms with van der Waals surface area (Å²) >= 11 is 0. The van der Waals surface area contributed by atoms with E-state index in [0.29, 0.717) is 8.83 Å². The zero-order chi connectivity index (χ0) is 15.8. The lowest BCUT2D eigenvalue weighted by molar-refractivity contribution is 0.234. The van der Waals surface area contributed by atoms with Crippen LogP contribution in [0, 0.1) is 0 Å². The van der Waals surface area contributed by atoms with E-state index in [9.17, 15) is 16.8 Å². The van der Waals surface area contributed by atoms with Crippen LogP contribution in [0.2, 0.25) is 0 Å². The van der Waals surface area contributed by atoms with E-state index in [2.05, 4.69) is 0 Å². The van der Waals surface area contributed by atoms with Gasteiger partial charge in [0.05, 0.1) is 4.90 Å². The van der Waals surface area contributed by atoms with Gasteiger partial charge in [0.15, 0.2) is 0 Å². The van der Waals surface area contributed by atoms with E-state index in [-0.39, 0.29) is 4.90 Å². The zero-order valence-electron chi connectivity index (χ0n) is 11.5. The molecule has 0 unspecified atom stereocenters. The molecule has 0 atom stereocenters. The second-order valence-corrected chi connectivity index (χ2v) is 7.94. The van der Waals surface area contributed by atoms with Crippen LogP contribution in [0.15, 0.2) is 47.4 Å². The van der Waals surface area contributed by atoms with Gasteiger partial charge in [0.2, 0.25) is 0 Å². The molecule has 0 fully saturated rings. The predicted molar refractivity (Wildman–Crippen MR) is 79.8 cm³/mol. The standard InChI is InChI=1S/C12H15N3O4S2/c1-14(15(2)21(13,18)19)20(16,17)12-8-7-10-5-3-4-6-11(10)9-12/h3-9H,1-2H3,(H2,13,18,19). The van der Waals surface area contributed by atoms with Gasteiger partial charge in [-0.3, -0.25) is 0 Å². The lowest BCUT2D eigenvalue weighted by atomic mass is 10.1. The third kappa shape index (κ3) is 3.06. The van der Waals surface area contributed by atoms with E-state index in [1.807, 2.05) is 12.1 Å². The number of nitrogens with two attached hydrogens (primary N) is 1. The van der Waals surface area contributed by atoms with Gasteiger partial charge in [0, 0.05) is 14.1 Å². The van der Waals surface area contributed by atoms with Gasteiger partial charge >= 0.3 is 0 Å². The molecular weight excluding hydrogens is 314 g/mol. The molecule has 0 aliphatic rings. The Hall–Kier alpha value is -1.52. The van der Waals surface area contributed by atoms with Crippen LogP contribution in [0.5, 0.6) is 0 Å². The number of hydrogen-bond donors (Lipinski definition) is 1. The molecule has 7 nitrogen and oxygen atoms in total. The van der Waals surface area contributed by atoms with Crippen LogP contribution in [-0.4, -0.2) is 39.8 Å². The van der Waals surface area contributed by atoms with Crippen LogP contribution in [0.3, 0.4) is 0 Å². The number of hydrazine groups is 1. The summed E-state index contributed by atoms with van der Waals surface area (Å²) < 4.78 is 48.4. The Morgan fingerprint density at radius 2 is 1.43 bits per heavy atom. The summed E-state index contributed by atoms with van der Waals surface area (Å²) in [6, 6.07) is 11.8. The van der Waals surface area contributed by atoms with Crippen LogP contribution in [0.1, 0.15) is 0 Å². The predicted octanol–water partition coefficient (Wildman–Crippen LogP) is 0.511. The van der Waals surface area contributed by atoms with Crippen LogP contribution >= 0.6 is 0 Å². The molecule has 2 rings (SSSR count). The highest BCUT2D eigenvalue weighted by atomic mass is 32.2. The first-order valence-electron chi connectivity index (χ1n) is 5.88. The molecule has 0 radical (unpaired) electrons. The van der Waals surface area contributed by atoms with E-state index >= 15 is 0 Å². The van der Waals surface area contributed by atoms with E-state index in [0.717, 1.165) is 24.9 Å². The van der Waals surface area contributed by atoms with Crippen molar-refractivity contribution in [2.45, 2.75) is 4.90 Å². The smallest absolute Gasteiger partial charge is 0.214 e. The average Bonchev–Trinajstić information content (AvgIpc) is 2.44. The summed E-state index contributed by atoms with van der Waals surface area (Å²) in [5.74, 6) is 0. The molecule has 0 saturated heterocycles. The number of rotatable bonds is 4. The molecule has 0 aliphatic heterocycles. The third-order valence-corrected chi connectivity index (χ3v) is 6.01. The lowest BCUT2D eigenvalue weighted by Gasteiger charge is -2.24. The van der Waals surface area contributed by atoms with Crippen LogP contribution in [0.4, 0.5) is 0 Å². The molecule has 0 aromatic heterocycles. The van der Waals surface area contributed by atoms with Gasteiger partial charge in [-0.25, -0.2) is 13.6 Å². The minimum Gasteiger partial charge on any atom is -0.214 e. The van der Waals surface area contributed by atoms with E-state index < -0.39 is 20.2 Å². The van der Waals surface area contributed by atoms with Crippen molar-refractivity contribution in [2.24, 2.45) is 5.14 Å². The molecule has 9 heteroatoms. The first-order chi connectivity index (χ1) is 9.64. The molecular formula is C12H15N3O4S2. The highest BCUT2D eigenvalue weighted by Gasteiger charge is 2.29. The molecule has 0 heterocycles. The van der Waals surface area contributed by atoms with Crippen LogP contribution in [-0.2, 0) is 20.2 Å². The summed E-state index contributed by atoms with van der Waals surface area (Å²) in [5, 5.41) is 6.57. The van der Waals surface area contributed by atoms with Crippen molar-refractivity contribution in [3.63, 3.8) is 0 Å². The molecule has 0 aliphatic carbocycles. The Bertz CT molecular complexity index is 878. The van der Waals surface area contributed by atoms with Crippen molar-refractivity contribution < 1.29 is 16.8 Å². The minimum absolute atomic E-state index is 0.0146. The largest absolute Gasteiger partial charge is 0.290 e. The van der Waals surface area contributed by atoms with E-state index in [1.54, 1.807) is 18.2 Å². The fourth-order valence-electron chi connectivity index (χ4n) is 1.79. The number of sulfonamides is 1. The van der Waals surface area contributed by atoms with Gasteiger partial charge in [-0.1, -0.05) is 30.3 Å². The van der Waals surface area contributed by atoms with Crippen molar-refractivity contribution in [1.29, 1.82) is 0 Å². The average molecular weight is 329 g/mol. The van der Waals surface area contributed by atoms with Crippen LogP contribution in [0.25, 0.3) is 10.8 Å². The second kappa shape index (κ2) is 5.35. The maximum absolute atomic E-state index is 12.4. The summed E-state index contributed by atoms with van der Waals surface area (Å²) in [6.45, 7) is 0. The lowest BCUT2D eigenvalue weighted by Crippen LogP contribution is -2.47. The summed E-state index contributed by atoms with van der Waals surface area (Å²) in [7, 11) is -5.98. The van der Waals surface area contributed by atoms with E-state index in [4.69, 9.17) is 5.14 Å². The molecule has 21 heavy (non-hydrogen) atoms. The Labute approximate surface area is 123 Å². The van der Waals surface area contributed by atoms with Crippen molar-refractivity contribution in [3.05, 3.63) is 42.5 Å². The molecule has 0 saturated carbocycles. The number of hydrogen-bond acceptors (Lipinski definition) is 4. The molecule has 0 bridgehead atoms. The first kappa shape index (κ1) is 15.9. The molecule has 2 aromatic carbocycles. The van der Waals surface area contributed by atoms with Gasteiger partial charge in [-0.2, -0.15) is 8.42 Å². The van der Waals surface area contributed by atoms with Gasteiger partial charge in [-0.15, -0.1) is 8.83 Å². The third-order valence-electron chi connectivity index (χ3n) is 3.13. The maximum Gasteiger partial charge on any atom is 0.290 e. The quantitative estimate of drug-likeness (QED) is 0.826. The second-order valence-electron chi connectivity index (χ2n) is 4.43. The summed E-state index contributed by atoms with van der Waals surface area (Å²) in [4.78, 5) is -0.0146. The number of fused-ring (bicyclic) bond motifs is 1. The Morgan fingerprint density at radius 3 is 2.00 bits per heavy atom. The van der Waals surface area contributed by atoms with Crippen molar-refractivity contribution >= 4 is 31.0 Å².